The molecule has 0 radical (unpaired) electrons. The summed E-state index contributed by atoms with van der Waals surface area (Å²) in [7, 11) is 0. The van der Waals surface area contributed by atoms with Crippen molar-refractivity contribution in [1.29, 1.82) is 0 Å². The first-order chi connectivity index (χ1) is 15.7. The van der Waals surface area contributed by atoms with E-state index in [9.17, 15) is 4.39 Å². The van der Waals surface area contributed by atoms with E-state index in [1.807, 2.05) is 12.1 Å². The highest BCUT2D eigenvalue weighted by atomic mass is 127. The summed E-state index contributed by atoms with van der Waals surface area (Å²) >= 11 is 0. The number of hydrogen-bond donors (Lipinski definition) is 2. The van der Waals surface area contributed by atoms with Crippen LogP contribution in [0.3, 0.4) is 0 Å². The largest absolute Gasteiger partial charge is 0.355 e. The third-order valence-electron chi connectivity index (χ3n) is 5.95. The molecule has 1 heterocycles. The third-order valence-corrected chi connectivity index (χ3v) is 5.95. The molecule has 0 saturated heterocycles. The summed E-state index contributed by atoms with van der Waals surface area (Å²) in [6.45, 7) is 4.07. The molecule has 4 rings (SSSR count). The van der Waals surface area contributed by atoms with Gasteiger partial charge in [-0.05, 0) is 48.4 Å². The fraction of sp³-hybridized carbons (Fsp3) is 0.400. The van der Waals surface area contributed by atoms with E-state index in [0.29, 0.717) is 31.1 Å². The van der Waals surface area contributed by atoms with Gasteiger partial charge in [0.15, 0.2) is 5.96 Å². The van der Waals surface area contributed by atoms with Gasteiger partial charge in [0.25, 0.3) is 0 Å². The number of halogens is 2. The molecular formula is C25H32FIN6. The van der Waals surface area contributed by atoms with Crippen LogP contribution in [0.5, 0.6) is 0 Å². The van der Waals surface area contributed by atoms with Crippen molar-refractivity contribution in [1.82, 2.24) is 25.4 Å². The summed E-state index contributed by atoms with van der Waals surface area (Å²) in [5.41, 5.74) is 3.54. The van der Waals surface area contributed by atoms with Crippen molar-refractivity contribution >= 4 is 29.9 Å². The first-order valence-electron chi connectivity index (χ1n) is 11.4. The highest BCUT2D eigenvalue weighted by Crippen LogP contribution is 2.21. The van der Waals surface area contributed by atoms with E-state index in [4.69, 9.17) is 4.99 Å². The molecule has 1 aliphatic rings. The van der Waals surface area contributed by atoms with Crippen molar-refractivity contribution < 1.29 is 4.39 Å². The van der Waals surface area contributed by atoms with Gasteiger partial charge >= 0.3 is 0 Å². The molecule has 0 saturated carbocycles. The summed E-state index contributed by atoms with van der Waals surface area (Å²) in [4.78, 5) is 4.76. The minimum Gasteiger partial charge on any atom is -0.355 e. The van der Waals surface area contributed by atoms with Crippen LogP contribution in [0, 0.1) is 5.82 Å². The number of rotatable bonds is 8. The fourth-order valence-corrected chi connectivity index (χ4v) is 4.19. The number of aryl methyl sites for hydroxylation is 2. The Morgan fingerprint density at radius 1 is 1.15 bits per heavy atom. The molecule has 0 amide bonds. The van der Waals surface area contributed by atoms with Gasteiger partial charge in [-0.3, -0.25) is 4.99 Å². The molecule has 0 bridgehead atoms. The van der Waals surface area contributed by atoms with Gasteiger partial charge in [0.2, 0.25) is 0 Å². The van der Waals surface area contributed by atoms with E-state index in [1.165, 1.54) is 17.2 Å². The van der Waals surface area contributed by atoms with Gasteiger partial charge in [-0.1, -0.05) is 49.4 Å². The molecule has 0 spiro atoms. The molecule has 0 aliphatic heterocycles. The molecule has 1 aromatic heterocycles. The molecule has 6 nitrogen and oxygen atoms in total. The van der Waals surface area contributed by atoms with Crippen molar-refractivity contribution in [2.75, 3.05) is 13.1 Å². The second-order valence-electron chi connectivity index (χ2n) is 8.15. The molecule has 2 aromatic carbocycles. The molecule has 0 fully saturated rings. The van der Waals surface area contributed by atoms with E-state index in [2.05, 4.69) is 56.6 Å². The number of aliphatic imine (C=N–C) groups is 1. The molecule has 1 aliphatic carbocycles. The Balaban J connectivity index is 0.00000306. The lowest BCUT2D eigenvalue weighted by Crippen LogP contribution is -2.46. The first-order valence-corrected chi connectivity index (χ1v) is 11.4. The van der Waals surface area contributed by atoms with Gasteiger partial charge in [-0.2, -0.15) is 0 Å². The van der Waals surface area contributed by atoms with Crippen molar-refractivity contribution in [2.45, 2.75) is 51.6 Å². The molecule has 3 aromatic rings. The quantitative estimate of drug-likeness (QED) is 0.248. The number of nitrogens with one attached hydrogen (secondary N) is 2. The van der Waals surface area contributed by atoms with Crippen molar-refractivity contribution in [3.63, 3.8) is 0 Å². The zero-order valence-electron chi connectivity index (χ0n) is 19.0. The zero-order chi connectivity index (χ0) is 22.2. The minimum atomic E-state index is -0.172. The van der Waals surface area contributed by atoms with Gasteiger partial charge in [-0.25, -0.2) is 4.39 Å². The summed E-state index contributed by atoms with van der Waals surface area (Å²) < 4.78 is 16.0. The lowest BCUT2D eigenvalue weighted by Gasteiger charge is -2.27. The summed E-state index contributed by atoms with van der Waals surface area (Å²) in [5.74, 6) is 1.58. The van der Waals surface area contributed by atoms with Gasteiger partial charge < -0.3 is 15.2 Å². The van der Waals surface area contributed by atoms with Crippen LogP contribution in [0.4, 0.5) is 4.39 Å². The maximum absolute atomic E-state index is 14.0. The molecule has 33 heavy (non-hydrogen) atoms. The summed E-state index contributed by atoms with van der Waals surface area (Å²) in [6, 6.07) is 15.9. The van der Waals surface area contributed by atoms with Crippen LogP contribution in [-0.4, -0.2) is 39.9 Å². The Morgan fingerprint density at radius 2 is 1.94 bits per heavy atom. The Kier molecular flexibility index (Phi) is 9.65. The fourth-order valence-electron chi connectivity index (χ4n) is 4.19. The maximum Gasteiger partial charge on any atom is 0.191 e. The molecule has 2 N–H and O–H groups in total. The van der Waals surface area contributed by atoms with Crippen molar-refractivity contribution in [3.8, 4) is 0 Å². The Morgan fingerprint density at radius 3 is 2.76 bits per heavy atom. The standard InChI is InChI=1S/C25H31FN6.HI/c1-2-24-31-29-18-32(24)16-15-28-25(27-14-13-20-8-5-6-10-23(20)26)30-22-12-11-19-7-3-4-9-21(19)17-22;/h3-10,18,22H,2,11-17H2,1H3,(H2,27,28,30);1H. The molecule has 1 atom stereocenters. The van der Waals surface area contributed by atoms with E-state index >= 15 is 0 Å². The van der Waals surface area contributed by atoms with E-state index in [0.717, 1.165) is 44.0 Å². The molecule has 1 unspecified atom stereocenters. The number of hydrogen-bond acceptors (Lipinski definition) is 3. The van der Waals surface area contributed by atoms with Gasteiger partial charge in [0.05, 0.1) is 0 Å². The van der Waals surface area contributed by atoms with Crippen LogP contribution in [0.15, 0.2) is 59.9 Å². The SMILES string of the molecule is CCc1nncn1CCNC(=NCCc1ccccc1F)NC1CCc2ccccc2C1.I. The highest BCUT2D eigenvalue weighted by molar-refractivity contribution is 14.0. The minimum absolute atomic E-state index is 0. The van der Waals surface area contributed by atoms with Crippen LogP contribution in [-0.2, 0) is 32.2 Å². The van der Waals surface area contributed by atoms with Crippen LogP contribution in [0.2, 0.25) is 0 Å². The molecule has 176 valence electrons. The van der Waals surface area contributed by atoms with Gasteiger partial charge in [-0.15, -0.1) is 34.2 Å². The predicted molar refractivity (Wildman–Crippen MR) is 141 cm³/mol. The average Bonchev–Trinajstić information content (AvgIpc) is 3.27. The van der Waals surface area contributed by atoms with Crippen LogP contribution in [0.1, 0.15) is 35.9 Å². The van der Waals surface area contributed by atoms with E-state index < -0.39 is 0 Å². The maximum atomic E-state index is 14.0. The Labute approximate surface area is 212 Å². The zero-order valence-corrected chi connectivity index (χ0v) is 21.3. The summed E-state index contributed by atoms with van der Waals surface area (Å²) in [6.07, 6.45) is 6.30. The second-order valence-corrected chi connectivity index (χ2v) is 8.15. The monoisotopic (exact) mass is 562 g/mol. The molecular weight excluding hydrogens is 530 g/mol. The van der Waals surface area contributed by atoms with Crippen LogP contribution >= 0.6 is 24.0 Å². The van der Waals surface area contributed by atoms with Gasteiger partial charge in [0.1, 0.15) is 18.0 Å². The van der Waals surface area contributed by atoms with Crippen molar-refractivity contribution in [2.24, 2.45) is 4.99 Å². The average molecular weight is 562 g/mol. The Hall–Kier alpha value is -2.49. The van der Waals surface area contributed by atoms with Crippen molar-refractivity contribution in [3.05, 3.63) is 83.2 Å². The topological polar surface area (TPSA) is 67.1 Å². The number of fused-ring (bicyclic) bond motifs is 1. The lowest BCUT2D eigenvalue weighted by molar-refractivity contribution is 0.517. The van der Waals surface area contributed by atoms with E-state index in [-0.39, 0.29) is 29.8 Å². The number of guanidine groups is 1. The normalized spacial score (nSPS) is 15.5. The summed E-state index contributed by atoms with van der Waals surface area (Å²) in [5, 5.41) is 15.2. The van der Waals surface area contributed by atoms with Crippen LogP contribution < -0.4 is 10.6 Å². The number of benzene rings is 2. The number of aromatic nitrogens is 3. The van der Waals surface area contributed by atoms with E-state index in [1.54, 1.807) is 12.4 Å². The van der Waals surface area contributed by atoms with Crippen LogP contribution in [0.25, 0.3) is 0 Å². The highest BCUT2D eigenvalue weighted by Gasteiger charge is 2.19. The smallest absolute Gasteiger partial charge is 0.191 e. The Bertz CT molecular complexity index is 1050. The lowest BCUT2D eigenvalue weighted by atomic mass is 9.88. The molecule has 8 heteroatoms. The second kappa shape index (κ2) is 12.7. The third kappa shape index (κ3) is 6.99. The first kappa shape index (κ1) is 25.1. The predicted octanol–water partition coefficient (Wildman–Crippen LogP) is 3.93. The van der Waals surface area contributed by atoms with Gasteiger partial charge in [0, 0.05) is 32.1 Å². The number of nitrogens with zero attached hydrogens (tertiary/aromatic N) is 4.